The Bertz CT molecular complexity index is 803. The van der Waals surface area contributed by atoms with Crippen LogP contribution in [0.1, 0.15) is 22.3 Å². The van der Waals surface area contributed by atoms with Gasteiger partial charge < -0.3 is 9.47 Å². The summed E-state index contributed by atoms with van der Waals surface area (Å²) in [6.45, 7) is 5.86. The number of hydrazone groups is 1. The summed E-state index contributed by atoms with van der Waals surface area (Å²) in [5, 5.41) is 3.95. The van der Waals surface area contributed by atoms with E-state index in [-0.39, 0.29) is 12.5 Å². The first kappa shape index (κ1) is 19.0. The van der Waals surface area contributed by atoms with Gasteiger partial charge in [0.2, 0.25) is 0 Å². The maximum absolute atomic E-state index is 11.9. The Morgan fingerprint density at radius 3 is 2.60 bits per heavy atom. The highest BCUT2D eigenvalue weighted by Crippen LogP contribution is 2.26. The van der Waals surface area contributed by atoms with Crippen molar-refractivity contribution in [2.45, 2.75) is 20.8 Å². The number of halogens is 1. The number of rotatable bonds is 6. The van der Waals surface area contributed by atoms with E-state index in [0.29, 0.717) is 0 Å². The van der Waals surface area contributed by atoms with Crippen LogP contribution in [0.15, 0.2) is 39.9 Å². The molecule has 0 aromatic heterocycles. The van der Waals surface area contributed by atoms with Crippen LogP contribution in [0, 0.1) is 20.8 Å². The average Bonchev–Trinajstić information content (AvgIpc) is 2.58. The Labute approximate surface area is 156 Å². The van der Waals surface area contributed by atoms with Gasteiger partial charge in [0.15, 0.2) is 6.61 Å². The van der Waals surface area contributed by atoms with Crippen LogP contribution in [0.3, 0.4) is 0 Å². The fourth-order valence-electron chi connectivity index (χ4n) is 2.26. The number of carbonyl (C=O) groups excluding carboxylic acids is 1. The van der Waals surface area contributed by atoms with Gasteiger partial charge in [-0.15, -0.1) is 0 Å². The van der Waals surface area contributed by atoms with Crippen LogP contribution in [0.2, 0.25) is 0 Å². The first-order valence-corrected chi connectivity index (χ1v) is 8.56. The van der Waals surface area contributed by atoms with Crippen LogP contribution in [0.25, 0.3) is 0 Å². The van der Waals surface area contributed by atoms with E-state index < -0.39 is 0 Å². The zero-order valence-corrected chi connectivity index (χ0v) is 16.3. The second kappa shape index (κ2) is 8.67. The molecule has 0 saturated carbocycles. The topological polar surface area (TPSA) is 59.9 Å². The number of hydrogen-bond acceptors (Lipinski definition) is 4. The van der Waals surface area contributed by atoms with Crippen molar-refractivity contribution < 1.29 is 14.3 Å². The first-order chi connectivity index (χ1) is 11.9. The lowest BCUT2D eigenvalue weighted by Crippen LogP contribution is -2.25. The quantitative estimate of drug-likeness (QED) is 0.586. The molecule has 0 heterocycles. The normalized spacial score (nSPS) is 10.8. The van der Waals surface area contributed by atoms with Crippen molar-refractivity contribution >= 4 is 28.1 Å². The first-order valence-electron chi connectivity index (χ1n) is 7.77. The average molecular weight is 405 g/mol. The van der Waals surface area contributed by atoms with E-state index in [2.05, 4.69) is 26.5 Å². The van der Waals surface area contributed by atoms with Crippen LogP contribution in [0.4, 0.5) is 0 Å². The molecule has 6 heteroatoms. The van der Waals surface area contributed by atoms with E-state index in [1.165, 1.54) is 0 Å². The van der Waals surface area contributed by atoms with Crippen molar-refractivity contribution in [1.29, 1.82) is 0 Å². The van der Waals surface area contributed by atoms with Crippen LogP contribution in [0.5, 0.6) is 11.5 Å². The molecule has 2 aromatic rings. The van der Waals surface area contributed by atoms with Crippen LogP contribution >= 0.6 is 15.9 Å². The summed E-state index contributed by atoms with van der Waals surface area (Å²) in [6, 6.07) is 9.53. The predicted molar refractivity (Wildman–Crippen MR) is 103 cm³/mol. The maximum atomic E-state index is 11.9. The molecule has 0 unspecified atom stereocenters. The number of benzene rings is 2. The summed E-state index contributed by atoms with van der Waals surface area (Å²) in [6.07, 6.45) is 1.56. The van der Waals surface area contributed by atoms with E-state index in [1.807, 2.05) is 51.1 Å². The van der Waals surface area contributed by atoms with Crippen LogP contribution in [-0.4, -0.2) is 25.8 Å². The molecule has 0 spiro atoms. The monoisotopic (exact) mass is 404 g/mol. The largest absolute Gasteiger partial charge is 0.496 e. The molecule has 0 atom stereocenters. The molecule has 0 bridgehead atoms. The van der Waals surface area contributed by atoms with E-state index in [9.17, 15) is 4.79 Å². The molecule has 2 rings (SSSR count). The Balaban J connectivity index is 1.91. The number of nitrogens with one attached hydrogen (secondary N) is 1. The standard InChI is InChI=1S/C19H21BrN2O3/c1-12-5-6-13(2)19(14(12)3)25-11-18(23)22-21-10-15-7-8-17(24-4)16(20)9-15/h5-10H,11H2,1-4H3,(H,22,23)/b21-10-. The van der Waals surface area contributed by atoms with Crippen molar-refractivity contribution in [1.82, 2.24) is 5.43 Å². The molecule has 0 saturated heterocycles. The fraction of sp³-hybridized carbons (Fsp3) is 0.263. The molecule has 2 aromatic carbocycles. The third-order valence-corrected chi connectivity index (χ3v) is 4.42. The van der Waals surface area contributed by atoms with Crippen molar-refractivity contribution in [3.63, 3.8) is 0 Å². The number of amides is 1. The molecule has 0 radical (unpaired) electrons. The molecule has 5 nitrogen and oxygen atoms in total. The van der Waals surface area contributed by atoms with Crippen LogP contribution in [-0.2, 0) is 4.79 Å². The maximum Gasteiger partial charge on any atom is 0.277 e. The summed E-state index contributed by atoms with van der Waals surface area (Å²) in [4.78, 5) is 11.9. The predicted octanol–water partition coefficient (Wildman–Crippen LogP) is 3.91. The van der Waals surface area contributed by atoms with Crippen LogP contribution < -0.4 is 14.9 Å². The van der Waals surface area contributed by atoms with Gasteiger partial charge in [-0.1, -0.05) is 12.1 Å². The highest BCUT2D eigenvalue weighted by Gasteiger charge is 2.08. The minimum atomic E-state index is -0.316. The molecule has 0 aliphatic carbocycles. The van der Waals surface area contributed by atoms with Crippen molar-refractivity contribution in [2.24, 2.45) is 5.10 Å². The van der Waals surface area contributed by atoms with Gasteiger partial charge in [-0.05, 0) is 77.2 Å². The second-order valence-electron chi connectivity index (χ2n) is 5.63. The summed E-state index contributed by atoms with van der Waals surface area (Å²) >= 11 is 3.40. The van der Waals surface area contributed by atoms with E-state index in [0.717, 1.165) is 38.2 Å². The molecule has 0 fully saturated rings. The minimum absolute atomic E-state index is 0.0885. The lowest BCUT2D eigenvalue weighted by atomic mass is 10.1. The summed E-state index contributed by atoms with van der Waals surface area (Å²) in [5.41, 5.74) is 6.47. The van der Waals surface area contributed by atoms with Gasteiger partial charge in [0.25, 0.3) is 5.91 Å². The van der Waals surface area contributed by atoms with Gasteiger partial charge in [0.1, 0.15) is 11.5 Å². The SMILES string of the molecule is COc1ccc(/C=N\NC(=O)COc2c(C)ccc(C)c2C)cc1Br. The number of methoxy groups -OCH3 is 1. The Kier molecular flexibility index (Phi) is 6.58. The molecule has 1 amide bonds. The van der Waals surface area contributed by atoms with Crippen molar-refractivity contribution in [2.75, 3.05) is 13.7 Å². The van der Waals surface area contributed by atoms with E-state index in [1.54, 1.807) is 13.3 Å². The van der Waals surface area contributed by atoms with Gasteiger partial charge in [-0.25, -0.2) is 5.43 Å². The lowest BCUT2D eigenvalue weighted by molar-refractivity contribution is -0.123. The Morgan fingerprint density at radius 1 is 1.20 bits per heavy atom. The number of hydrogen-bond donors (Lipinski definition) is 1. The molecule has 1 N–H and O–H groups in total. The number of carbonyl (C=O) groups is 1. The molecule has 0 aliphatic heterocycles. The number of nitrogens with zero attached hydrogens (tertiary/aromatic N) is 1. The third-order valence-electron chi connectivity index (χ3n) is 3.80. The van der Waals surface area contributed by atoms with Crippen molar-refractivity contribution in [3.8, 4) is 11.5 Å². The number of aryl methyl sites for hydroxylation is 2. The lowest BCUT2D eigenvalue weighted by Gasteiger charge is -2.13. The zero-order valence-electron chi connectivity index (χ0n) is 14.7. The smallest absolute Gasteiger partial charge is 0.277 e. The molecule has 132 valence electrons. The third kappa shape index (κ3) is 5.06. The Morgan fingerprint density at radius 2 is 1.92 bits per heavy atom. The van der Waals surface area contributed by atoms with Crippen molar-refractivity contribution in [3.05, 3.63) is 57.1 Å². The minimum Gasteiger partial charge on any atom is -0.496 e. The molecule has 25 heavy (non-hydrogen) atoms. The number of ether oxygens (including phenoxy) is 2. The van der Waals surface area contributed by atoms with Gasteiger partial charge in [0.05, 0.1) is 17.8 Å². The highest BCUT2D eigenvalue weighted by molar-refractivity contribution is 9.10. The fourth-order valence-corrected chi connectivity index (χ4v) is 2.82. The van der Waals surface area contributed by atoms with E-state index >= 15 is 0 Å². The zero-order chi connectivity index (χ0) is 18.4. The van der Waals surface area contributed by atoms with Gasteiger partial charge in [-0.3, -0.25) is 4.79 Å². The summed E-state index contributed by atoms with van der Waals surface area (Å²) in [5.74, 6) is 1.17. The molecule has 0 aliphatic rings. The van der Waals surface area contributed by atoms with Gasteiger partial charge in [-0.2, -0.15) is 5.10 Å². The summed E-state index contributed by atoms with van der Waals surface area (Å²) < 4.78 is 11.6. The highest BCUT2D eigenvalue weighted by atomic mass is 79.9. The summed E-state index contributed by atoms with van der Waals surface area (Å²) in [7, 11) is 1.60. The molecular weight excluding hydrogens is 384 g/mol. The van der Waals surface area contributed by atoms with Gasteiger partial charge in [0, 0.05) is 0 Å². The van der Waals surface area contributed by atoms with E-state index in [4.69, 9.17) is 9.47 Å². The Hall–Kier alpha value is -2.34. The molecular formula is C19H21BrN2O3. The van der Waals surface area contributed by atoms with Gasteiger partial charge >= 0.3 is 0 Å². The second-order valence-corrected chi connectivity index (χ2v) is 6.48.